The minimum atomic E-state index is -1.46. The summed E-state index contributed by atoms with van der Waals surface area (Å²) < 4.78 is 4.25. The van der Waals surface area contributed by atoms with E-state index in [9.17, 15) is 0 Å². The monoisotopic (exact) mass is 1480 g/mol. The van der Waals surface area contributed by atoms with Crippen LogP contribution in [0.3, 0.4) is 0 Å². The number of rotatable bonds is 11. The van der Waals surface area contributed by atoms with Crippen LogP contribution >= 0.6 is 0 Å². The van der Waals surface area contributed by atoms with Gasteiger partial charge in [0, 0.05) is 92.6 Å². The molecule has 0 amide bonds. The predicted octanol–water partition coefficient (Wildman–Crippen LogP) is 25.6. The van der Waals surface area contributed by atoms with Crippen LogP contribution in [0.25, 0.3) is 22.3 Å². The summed E-state index contributed by atoms with van der Waals surface area (Å²) in [5, 5.41) is 2.99. The van der Waals surface area contributed by atoms with E-state index in [1.807, 2.05) is 46.1 Å². The molecule has 8 heteroatoms. The number of hydrogen-bond acceptors (Lipinski definition) is 4. The highest BCUT2D eigenvalue weighted by Crippen LogP contribution is 2.33. The van der Waals surface area contributed by atoms with Gasteiger partial charge in [0.25, 0.3) is 0 Å². The molecule has 11 rings (SSSR count). The molecule has 0 atom stereocenters. The molecule has 0 N–H and O–H groups in total. The van der Waals surface area contributed by atoms with Crippen molar-refractivity contribution in [3.63, 3.8) is 0 Å². The molecule has 0 aromatic heterocycles. The van der Waals surface area contributed by atoms with E-state index in [0.29, 0.717) is 18.8 Å². The topological polar surface area (TPSA) is 19.0 Å². The lowest BCUT2D eigenvalue weighted by Crippen LogP contribution is -2.52. The summed E-state index contributed by atoms with van der Waals surface area (Å²) in [6.07, 6.45) is 0. The van der Waals surface area contributed by atoms with Gasteiger partial charge in [0.2, 0.25) is 0 Å². The zero-order valence-electron chi connectivity index (χ0n) is 73.5. The zero-order chi connectivity index (χ0) is 81.8. The lowest BCUT2D eigenvalue weighted by atomic mass is 9.47. The summed E-state index contributed by atoms with van der Waals surface area (Å²) in [7, 11) is 13.6. The first-order valence-electron chi connectivity index (χ1n) is 38.9. The predicted molar refractivity (Wildman–Crippen MR) is 502 cm³/mol. The molecule has 0 saturated carbocycles. The number of hydrogen-bond donors (Lipinski definition) is 0. The van der Waals surface area contributed by atoms with E-state index in [4.69, 9.17) is 0 Å². The second kappa shape index (κ2) is 50.9. The Labute approximate surface area is 665 Å². The molecule has 11 aromatic carbocycles. The summed E-state index contributed by atoms with van der Waals surface area (Å²) in [6, 6.07) is 100. The van der Waals surface area contributed by atoms with Gasteiger partial charge in [-0.3, -0.25) is 0 Å². The maximum Gasteiger partial charge on any atom is 0.170 e. The van der Waals surface area contributed by atoms with Crippen LogP contribution in [0.15, 0.2) is 285 Å². The van der Waals surface area contributed by atoms with Crippen molar-refractivity contribution >= 4 is 67.9 Å². The second-order valence-corrected chi connectivity index (χ2v) is 43.1. The number of aryl methyl sites for hydroxylation is 6. The molecule has 0 heterocycles. The highest BCUT2D eigenvalue weighted by molar-refractivity contribution is 7.00. The van der Waals surface area contributed by atoms with Gasteiger partial charge in [-0.1, -0.05) is 433 Å². The Morgan fingerprint density at radius 2 is 0.537 bits per heavy atom. The van der Waals surface area contributed by atoms with E-state index in [2.05, 4.69) is 464 Å². The number of anilines is 3. The zero-order valence-corrected chi connectivity index (χ0v) is 75.5. The fourth-order valence-corrected chi connectivity index (χ4v) is 14.5. The van der Waals surface area contributed by atoms with Gasteiger partial charge in [0.15, 0.2) is 13.4 Å². The van der Waals surface area contributed by atoms with Gasteiger partial charge in [-0.2, -0.15) is 0 Å². The molecular formula is C100H143B2N3OSi2. The summed E-state index contributed by atoms with van der Waals surface area (Å²) >= 11 is 0. The molecule has 578 valence electrons. The van der Waals surface area contributed by atoms with Crippen LogP contribution in [0.5, 0.6) is 0 Å². The highest BCUT2D eigenvalue weighted by Gasteiger charge is 2.25. The maximum atomic E-state index is 4.25. The lowest BCUT2D eigenvalue weighted by molar-refractivity contribution is 0.277. The molecular weight excluding hydrogens is 1340 g/mol. The molecule has 0 spiro atoms. The van der Waals surface area contributed by atoms with Gasteiger partial charge in [0.1, 0.15) is 8.07 Å². The molecule has 0 bridgehead atoms. The highest BCUT2D eigenvalue weighted by atomic mass is 28.3. The van der Waals surface area contributed by atoms with Crippen molar-refractivity contribution in [1.82, 2.24) is 0 Å². The van der Waals surface area contributed by atoms with E-state index < -0.39 is 16.1 Å². The third kappa shape index (κ3) is 37.4. The maximum absolute atomic E-state index is 4.25. The Hall–Kier alpha value is -8.66. The number of benzene rings is 11. The lowest BCUT2D eigenvalue weighted by Gasteiger charge is -2.25. The van der Waals surface area contributed by atoms with Crippen molar-refractivity contribution in [3.8, 4) is 22.3 Å². The molecule has 0 radical (unpaired) electrons. The molecule has 0 saturated heterocycles. The van der Waals surface area contributed by atoms with Crippen molar-refractivity contribution in [1.29, 1.82) is 0 Å². The van der Waals surface area contributed by atoms with E-state index in [1.165, 1.54) is 105 Å². The van der Waals surface area contributed by atoms with Gasteiger partial charge in [0.05, 0.1) is 0 Å². The van der Waals surface area contributed by atoms with Crippen molar-refractivity contribution in [2.24, 2.45) is 5.41 Å². The van der Waals surface area contributed by atoms with Crippen LogP contribution in [-0.4, -0.2) is 86.1 Å². The third-order valence-electron chi connectivity index (χ3n) is 17.0. The molecule has 108 heavy (non-hydrogen) atoms. The Kier molecular flexibility index (Phi) is 45.9. The van der Waals surface area contributed by atoms with E-state index >= 15 is 0 Å². The third-order valence-corrected chi connectivity index (χ3v) is 20.6. The average molecular weight is 1480 g/mol. The number of nitrogens with zero attached hydrogens (tertiary/aromatic N) is 3. The fraction of sp³-hybridized carbons (Fsp3) is 0.340. The van der Waals surface area contributed by atoms with E-state index in [0.717, 1.165) is 0 Å². The first-order chi connectivity index (χ1) is 50.8. The Balaban J connectivity index is 0.000000614. The minimum absolute atomic E-state index is 0.0858. The van der Waals surface area contributed by atoms with Crippen LogP contribution in [0.1, 0.15) is 99.9 Å². The van der Waals surface area contributed by atoms with Crippen LogP contribution in [0.4, 0.5) is 17.1 Å². The van der Waals surface area contributed by atoms with Crippen LogP contribution in [0.2, 0.25) is 66.6 Å². The molecule has 0 fully saturated rings. The van der Waals surface area contributed by atoms with Gasteiger partial charge in [-0.15, -0.1) is 0 Å². The molecule has 0 aliphatic heterocycles. The van der Waals surface area contributed by atoms with Crippen molar-refractivity contribution in [3.05, 3.63) is 330 Å². The largest absolute Gasteiger partial charge is 0.388 e. The molecule has 4 nitrogen and oxygen atoms in total. The van der Waals surface area contributed by atoms with Crippen LogP contribution < -0.4 is 36.0 Å². The molecule has 11 aromatic rings. The van der Waals surface area contributed by atoms with Gasteiger partial charge in [-0.05, 0) is 104 Å². The molecule has 0 aliphatic carbocycles. The summed E-state index contributed by atoms with van der Waals surface area (Å²) in [6.45, 7) is 54.6. The quantitative estimate of drug-likeness (QED) is 0.120. The molecule has 0 unspecified atom stereocenters. The number of para-hydroxylation sites is 3. The summed E-state index contributed by atoms with van der Waals surface area (Å²) in [5.74, 6) is 0. The normalized spacial score (nSPS) is 10.3. The first-order valence-corrected chi connectivity index (χ1v) is 45.9. The molecule has 0 aliphatic rings. The Morgan fingerprint density at radius 1 is 0.296 bits per heavy atom. The van der Waals surface area contributed by atoms with Gasteiger partial charge in [-0.25, -0.2) is 0 Å². The minimum Gasteiger partial charge on any atom is -0.388 e. The van der Waals surface area contributed by atoms with Gasteiger partial charge < -0.3 is 19.4 Å². The van der Waals surface area contributed by atoms with Gasteiger partial charge >= 0.3 is 0 Å². The van der Waals surface area contributed by atoms with Crippen LogP contribution in [-0.2, 0) is 10.2 Å². The first kappa shape index (κ1) is 97.4. The van der Waals surface area contributed by atoms with Crippen LogP contribution in [0, 0.1) is 47.0 Å². The van der Waals surface area contributed by atoms with Crippen molar-refractivity contribution in [2.45, 2.75) is 169 Å². The summed E-state index contributed by atoms with van der Waals surface area (Å²) in [4.78, 5) is 6.42. The van der Waals surface area contributed by atoms with Crippen molar-refractivity contribution in [2.75, 3.05) is 71.2 Å². The smallest absolute Gasteiger partial charge is 0.170 e. The Bertz CT molecular complexity index is 3730. The van der Waals surface area contributed by atoms with Crippen molar-refractivity contribution < 1.29 is 4.74 Å². The summed E-state index contributed by atoms with van der Waals surface area (Å²) in [5.41, 5.74) is 23.6. The standard InChI is InChI=1S/C15H17B.C15H17N.C15H16.C14H16Si.C10H15B.C10H15N.C8H11N.C5H12.C4H12Si.C2H6O.C2H6/c2*1-12-8-7-11-14(15(12)16(2)3)13-9-5-4-6-10-13;2*1-15(2,13-9-5-3-6-10-13)14-11-7-4-8-12-14;2*1-8-6-5-7-9(2)10(8)11(3)4;1-9(2)8-6-4-3-5-7-8;2*1-5(2,3)4;1-3-2;1-2/h2*4-11H,1-3H3;2*3-12H,1-2H3;2*5-7H,1-4H3;3-7H,1-2H3;2*1-4H3;1-2H3;1-2H3. The number of ether oxygens (including phenoxy) is 1. The SMILES string of the molecule is CB(C)c1c(C)cccc1-c1ccccc1.CB(C)c1c(C)cccc1C.CC.CC(C)(C)C.CC(C)(c1ccccc1)c1ccccc1.CN(C)c1ccccc1.COC.C[Si](C)(C)C.C[Si](C)(c1ccccc1)c1ccccc1.Cc1cccc(-c2ccccc2)c1N(C)C.Cc1cccc(C)c1N(C)C. The Morgan fingerprint density at radius 3 is 0.806 bits per heavy atom. The second-order valence-electron chi connectivity index (χ2n) is 32.7. The average Bonchev–Trinajstić information content (AvgIpc) is 0.830. The van der Waals surface area contributed by atoms with E-state index in [-0.39, 0.29) is 5.41 Å². The number of methoxy groups -OCH3 is 1. The fourth-order valence-electron chi connectivity index (χ4n) is 12.1. The van der Waals surface area contributed by atoms with E-state index in [1.54, 1.807) is 14.2 Å².